The van der Waals surface area contributed by atoms with E-state index in [0.717, 1.165) is 16.5 Å². The second kappa shape index (κ2) is 2.57. The van der Waals surface area contributed by atoms with E-state index in [2.05, 4.69) is 4.98 Å². The van der Waals surface area contributed by atoms with Gasteiger partial charge in [-0.1, -0.05) is 0 Å². The Hall–Kier alpha value is -1.42. The Morgan fingerprint density at radius 3 is 3.08 bits per heavy atom. The zero-order valence-electron chi connectivity index (χ0n) is 6.15. The number of hydrogen-bond acceptors (Lipinski definition) is 4. The van der Waals surface area contributed by atoms with Crippen LogP contribution in [0.15, 0.2) is 18.3 Å². The Bertz CT molecular complexity index is 436. The van der Waals surface area contributed by atoms with Crippen LogP contribution in [0.2, 0.25) is 0 Å². The van der Waals surface area contributed by atoms with Crippen molar-refractivity contribution in [2.75, 3.05) is 5.73 Å². The first-order valence-electron chi connectivity index (χ1n) is 3.41. The van der Waals surface area contributed by atoms with E-state index in [-0.39, 0.29) is 0 Å². The first-order valence-corrected chi connectivity index (χ1v) is 4.22. The van der Waals surface area contributed by atoms with E-state index in [1.165, 1.54) is 11.3 Å². The lowest BCUT2D eigenvalue weighted by atomic mass is 10.3. The van der Waals surface area contributed by atoms with E-state index < -0.39 is 0 Å². The fourth-order valence-corrected chi connectivity index (χ4v) is 1.93. The van der Waals surface area contributed by atoms with Gasteiger partial charge in [-0.05, 0) is 12.1 Å². The number of nitrogens with two attached hydrogens (primary N) is 1. The number of carbonyl (C=O) groups excluding carboxylic acids is 1. The van der Waals surface area contributed by atoms with E-state index in [9.17, 15) is 4.79 Å². The third-order valence-corrected chi connectivity index (χ3v) is 2.70. The van der Waals surface area contributed by atoms with Gasteiger partial charge >= 0.3 is 0 Å². The number of aromatic nitrogens is 1. The Balaban J connectivity index is 2.87. The van der Waals surface area contributed by atoms with Gasteiger partial charge in [0.1, 0.15) is 4.83 Å². The molecule has 12 heavy (non-hydrogen) atoms. The number of pyridine rings is 1. The van der Waals surface area contributed by atoms with Crippen molar-refractivity contribution in [1.29, 1.82) is 0 Å². The van der Waals surface area contributed by atoms with Crippen LogP contribution in [0.3, 0.4) is 0 Å². The van der Waals surface area contributed by atoms with Gasteiger partial charge in [-0.15, -0.1) is 11.3 Å². The maximum Gasteiger partial charge on any atom is 0.162 e. The van der Waals surface area contributed by atoms with Crippen LogP contribution in [0.25, 0.3) is 10.2 Å². The highest BCUT2D eigenvalue weighted by Gasteiger charge is 2.07. The maximum atomic E-state index is 10.5. The van der Waals surface area contributed by atoms with Crippen molar-refractivity contribution in [3.8, 4) is 0 Å². The molecule has 0 unspecified atom stereocenters. The van der Waals surface area contributed by atoms with Crippen LogP contribution in [0.1, 0.15) is 9.67 Å². The van der Waals surface area contributed by atoms with Crippen molar-refractivity contribution in [3.05, 3.63) is 23.2 Å². The van der Waals surface area contributed by atoms with Gasteiger partial charge in [0, 0.05) is 11.6 Å². The summed E-state index contributed by atoms with van der Waals surface area (Å²) in [5, 5.41) is 0.865. The van der Waals surface area contributed by atoms with E-state index in [0.29, 0.717) is 10.6 Å². The molecule has 60 valence electrons. The molecule has 2 rings (SSSR count). The molecule has 0 aliphatic heterocycles. The number of hydrogen-bond donors (Lipinski definition) is 1. The zero-order valence-corrected chi connectivity index (χ0v) is 6.97. The second-order valence-electron chi connectivity index (χ2n) is 2.35. The number of anilines is 1. The highest BCUT2D eigenvalue weighted by molar-refractivity contribution is 7.20. The van der Waals surface area contributed by atoms with Crippen molar-refractivity contribution in [2.45, 2.75) is 0 Å². The van der Waals surface area contributed by atoms with Gasteiger partial charge < -0.3 is 5.73 Å². The molecule has 2 N–H and O–H groups in total. The SMILES string of the molecule is Nc1c(C=O)sc2ncccc12. The normalized spacial score (nSPS) is 10.3. The lowest BCUT2D eigenvalue weighted by Gasteiger charge is -1.87. The third kappa shape index (κ3) is 0.887. The topological polar surface area (TPSA) is 56.0 Å². The fraction of sp³-hybridized carbons (Fsp3) is 0. The minimum atomic E-state index is 0.540. The summed E-state index contributed by atoms with van der Waals surface area (Å²) in [6, 6.07) is 3.67. The summed E-state index contributed by atoms with van der Waals surface area (Å²) in [6.45, 7) is 0. The lowest BCUT2D eigenvalue weighted by Crippen LogP contribution is -1.86. The van der Waals surface area contributed by atoms with E-state index in [1.54, 1.807) is 12.3 Å². The predicted molar refractivity (Wildman–Crippen MR) is 49.4 cm³/mol. The summed E-state index contributed by atoms with van der Waals surface area (Å²) in [7, 11) is 0. The van der Waals surface area contributed by atoms with Crippen LogP contribution in [0, 0.1) is 0 Å². The second-order valence-corrected chi connectivity index (χ2v) is 3.38. The highest BCUT2D eigenvalue weighted by atomic mass is 32.1. The van der Waals surface area contributed by atoms with Crippen LogP contribution in [0.5, 0.6) is 0 Å². The fourth-order valence-electron chi connectivity index (χ4n) is 1.06. The van der Waals surface area contributed by atoms with Crippen LogP contribution >= 0.6 is 11.3 Å². The van der Waals surface area contributed by atoms with Gasteiger partial charge in [-0.25, -0.2) is 4.98 Å². The number of carbonyl (C=O) groups is 1. The monoisotopic (exact) mass is 178 g/mol. The standard InChI is InChI=1S/C8H6N2OS/c9-7-5-2-1-3-10-8(5)12-6(7)4-11/h1-4H,9H2. The maximum absolute atomic E-state index is 10.5. The predicted octanol–water partition coefficient (Wildman–Crippen LogP) is 1.69. The molecule has 0 amide bonds. The number of thiophene rings is 1. The van der Waals surface area contributed by atoms with Gasteiger partial charge in [0.2, 0.25) is 0 Å². The summed E-state index contributed by atoms with van der Waals surface area (Å²) in [6.07, 6.45) is 2.45. The number of aldehydes is 1. The highest BCUT2D eigenvalue weighted by Crippen LogP contribution is 2.30. The van der Waals surface area contributed by atoms with Gasteiger partial charge in [-0.3, -0.25) is 4.79 Å². The molecule has 3 nitrogen and oxygen atoms in total. The van der Waals surface area contributed by atoms with Crippen LogP contribution in [-0.4, -0.2) is 11.3 Å². The molecule has 0 spiro atoms. The summed E-state index contributed by atoms with van der Waals surface area (Å²) in [4.78, 5) is 16.0. The molecule has 0 aromatic carbocycles. The molecule has 0 fully saturated rings. The molecule has 4 heteroatoms. The summed E-state index contributed by atoms with van der Waals surface area (Å²) < 4.78 is 0. The van der Waals surface area contributed by atoms with Crippen molar-refractivity contribution in [3.63, 3.8) is 0 Å². The smallest absolute Gasteiger partial charge is 0.162 e. The van der Waals surface area contributed by atoms with Gasteiger partial charge in [0.25, 0.3) is 0 Å². The molecule has 0 aliphatic carbocycles. The Morgan fingerprint density at radius 1 is 1.58 bits per heavy atom. The lowest BCUT2D eigenvalue weighted by molar-refractivity contribution is 0.112. The Morgan fingerprint density at radius 2 is 2.42 bits per heavy atom. The summed E-state index contributed by atoms with van der Waals surface area (Å²) in [5.74, 6) is 0. The molecule has 0 saturated heterocycles. The molecular formula is C8H6N2OS. The average Bonchev–Trinajstić information content (AvgIpc) is 2.44. The molecule has 0 radical (unpaired) electrons. The third-order valence-electron chi connectivity index (χ3n) is 1.64. The van der Waals surface area contributed by atoms with E-state index in [1.807, 2.05) is 6.07 Å². The molecule has 0 atom stereocenters. The minimum Gasteiger partial charge on any atom is -0.397 e. The van der Waals surface area contributed by atoms with Crippen LogP contribution in [0.4, 0.5) is 5.69 Å². The average molecular weight is 178 g/mol. The Kier molecular flexibility index (Phi) is 1.55. The number of rotatable bonds is 1. The zero-order chi connectivity index (χ0) is 8.55. The molecular weight excluding hydrogens is 172 g/mol. The number of nitrogen functional groups attached to an aromatic ring is 1. The van der Waals surface area contributed by atoms with Crippen molar-refractivity contribution < 1.29 is 4.79 Å². The number of fused-ring (bicyclic) bond motifs is 1. The molecule has 2 aromatic rings. The van der Waals surface area contributed by atoms with Crippen LogP contribution in [-0.2, 0) is 0 Å². The van der Waals surface area contributed by atoms with E-state index >= 15 is 0 Å². The van der Waals surface area contributed by atoms with Crippen molar-refractivity contribution in [2.24, 2.45) is 0 Å². The number of nitrogens with zero attached hydrogens (tertiary/aromatic N) is 1. The van der Waals surface area contributed by atoms with Crippen molar-refractivity contribution >= 4 is 33.5 Å². The first-order chi connectivity index (χ1) is 5.83. The molecule has 2 aromatic heterocycles. The van der Waals surface area contributed by atoms with Gasteiger partial charge in [0.05, 0.1) is 10.6 Å². The first kappa shape index (κ1) is 7.24. The summed E-state index contributed by atoms with van der Waals surface area (Å²) >= 11 is 1.32. The Labute approximate surface area is 72.8 Å². The quantitative estimate of drug-likeness (QED) is 0.676. The summed E-state index contributed by atoms with van der Waals surface area (Å²) in [5.41, 5.74) is 6.23. The minimum absolute atomic E-state index is 0.540. The molecule has 2 heterocycles. The van der Waals surface area contributed by atoms with Gasteiger partial charge in [-0.2, -0.15) is 0 Å². The van der Waals surface area contributed by atoms with Crippen LogP contribution < -0.4 is 5.73 Å². The van der Waals surface area contributed by atoms with Crippen molar-refractivity contribution in [1.82, 2.24) is 4.98 Å². The molecule has 0 aliphatic rings. The molecule has 0 bridgehead atoms. The van der Waals surface area contributed by atoms with Gasteiger partial charge in [0.15, 0.2) is 6.29 Å². The van der Waals surface area contributed by atoms with E-state index in [4.69, 9.17) is 5.73 Å². The molecule has 0 saturated carbocycles. The largest absolute Gasteiger partial charge is 0.397 e.